The number of anilines is 1. The van der Waals surface area contributed by atoms with E-state index in [0.717, 1.165) is 12.8 Å². The molecule has 1 unspecified atom stereocenters. The van der Waals surface area contributed by atoms with Gasteiger partial charge in [0.1, 0.15) is 17.5 Å². The maximum Gasteiger partial charge on any atom is 0.343 e. The van der Waals surface area contributed by atoms with Gasteiger partial charge in [-0.25, -0.2) is 9.59 Å². The predicted octanol–water partition coefficient (Wildman–Crippen LogP) is 7.52. The predicted molar refractivity (Wildman–Crippen MR) is 185 cm³/mol. The summed E-state index contributed by atoms with van der Waals surface area (Å²) >= 11 is 6.13. The molecule has 0 aliphatic heterocycles. The Hall–Kier alpha value is -5.15. The maximum absolute atomic E-state index is 12.9. The van der Waals surface area contributed by atoms with E-state index in [1.165, 1.54) is 31.4 Å². The number of nitrogens with one attached hydrogen (secondary N) is 2. The zero-order chi connectivity index (χ0) is 34.3. The van der Waals surface area contributed by atoms with Crippen molar-refractivity contribution in [2.24, 2.45) is 0 Å². The third-order valence-electron chi connectivity index (χ3n) is 7.52. The molecule has 9 nitrogen and oxygen atoms in total. The van der Waals surface area contributed by atoms with Crippen LogP contribution in [0.4, 0.5) is 5.69 Å². The smallest absolute Gasteiger partial charge is 0.343 e. The molecule has 0 radical (unpaired) electrons. The highest BCUT2D eigenvalue weighted by Gasteiger charge is 2.21. The summed E-state index contributed by atoms with van der Waals surface area (Å²) in [6, 6.07) is 25.2. The summed E-state index contributed by atoms with van der Waals surface area (Å²) in [5, 5.41) is 15.6. The van der Waals surface area contributed by atoms with Crippen LogP contribution in [0.3, 0.4) is 0 Å². The summed E-state index contributed by atoms with van der Waals surface area (Å²) < 4.78 is 11.2. The summed E-state index contributed by atoms with van der Waals surface area (Å²) in [6.45, 7) is 2.81. The number of carbonyl (C=O) groups is 4. The zero-order valence-corrected chi connectivity index (χ0v) is 27.5. The van der Waals surface area contributed by atoms with Crippen molar-refractivity contribution < 1.29 is 33.8 Å². The first-order chi connectivity index (χ1) is 23.2. The number of hydrogen-bond donors (Lipinski definition) is 3. The molecule has 0 fully saturated rings. The number of carbonyl (C=O) groups excluding carboxylic acids is 3. The summed E-state index contributed by atoms with van der Waals surface area (Å²) in [7, 11) is 0. The first-order valence-electron chi connectivity index (χ1n) is 15.9. The number of aliphatic carboxylic acids is 1. The van der Waals surface area contributed by atoms with Crippen molar-refractivity contribution in [3.05, 3.63) is 124 Å². The fraction of sp³-hybridized carbons (Fsp3) is 0.263. The van der Waals surface area contributed by atoms with Crippen LogP contribution in [0.2, 0.25) is 5.02 Å². The van der Waals surface area contributed by atoms with Gasteiger partial charge in [0.05, 0.1) is 18.6 Å². The molecule has 0 bridgehead atoms. The fourth-order valence-corrected chi connectivity index (χ4v) is 5.05. The Labute approximate surface area is 285 Å². The van der Waals surface area contributed by atoms with Gasteiger partial charge in [-0.1, -0.05) is 74.5 Å². The van der Waals surface area contributed by atoms with Gasteiger partial charge in [-0.05, 0) is 84.3 Å². The van der Waals surface area contributed by atoms with Crippen LogP contribution >= 0.6 is 11.6 Å². The fourth-order valence-electron chi connectivity index (χ4n) is 4.84. The van der Waals surface area contributed by atoms with Crippen molar-refractivity contribution in [3.8, 4) is 11.5 Å². The van der Waals surface area contributed by atoms with Crippen LogP contribution in [0.15, 0.2) is 97.1 Å². The molecule has 4 aromatic carbocycles. The highest BCUT2D eigenvalue weighted by atomic mass is 35.5. The average Bonchev–Trinajstić information content (AvgIpc) is 3.08. The highest BCUT2D eigenvalue weighted by Crippen LogP contribution is 2.19. The topological polar surface area (TPSA) is 131 Å². The van der Waals surface area contributed by atoms with E-state index in [9.17, 15) is 24.3 Å². The van der Waals surface area contributed by atoms with Crippen LogP contribution in [-0.4, -0.2) is 41.5 Å². The number of carboxylic acid groups (broad SMARTS) is 1. The molecule has 0 saturated carbocycles. The summed E-state index contributed by atoms with van der Waals surface area (Å²) in [5.41, 5.74) is 2.40. The zero-order valence-electron chi connectivity index (χ0n) is 26.7. The molecule has 250 valence electrons. The van der Waals surface area contributed by atoms with Gasteiger partial charge in [0, 0.05) is 22.7 Å². The lowest BCUT2D eigenvalue weighted by atomic mass is 10.0. The minimum absolute atomic E-state index is 0.00551. The minimum atomic E-state index is -1.21. The molecule has 3 N–H and O–H groups in total. The Bertz CT molecular complexity index is 1670. The second-order valence-corrected chi connectivity index (χ2v) is 11.7. The number of hydrogen-bond acceptors (Lipinski definition) is 6. The van der Waals surface area contributed by atoms with E-state index < -0.39 is 23.9 Å². The van der Waals surface area contributed by atoms with Crippen molar-refractivity contribution in [2.75, 3.05) is 11.9 Å². The lowest BCUT2D eigenvalue weighted by molar-refractivity contribution is -0.139. The Kier molecular flexibility index (Phi) is 13.6. The van der Waals surface area contributed by atoms with E-state index in [1.807, 2.05) is 0 Å². The average molecular weight is 671 g/mol. The molecule has 0 saturated heterocycles. The van der Waals surface area contributed by atoms with Crippen LogP contribution < -0.4 is 20.1 Å². The van der Waals surface area contributed by atoms with E-state index in [0.29, 0.717) is 45.5 Å². The molecule has 10 heteroatoms. The molecular formula is C38H39ClN2O7. The van der Waals surface area contributed by atoms with Crippen LogP contribution in [0.5, 0.6) is 11.5 Å². The van der Waals surface area contributed by atoms with Crippen LogP contribution in [-0.2, 0) is 22.4 Å². The molecule has 4 rings (SSSR count). The summed E-state index contributed by atoms with van der Waals surface area (Å²) in [4.78, 5) is 49.9. The van der Waals surface area contributed by atoms with E-state index in [4.69, 9.17) is 21.1 Å². The monoisotopic (exact) mass is 670 g/mol. The lowest BCUT2D eigenvalue weighted by Gasteiger charge is -2.15. The normalized spacial score (nSPS) is 11.3. The molecule has 0 aromatic heterocycles. The van der Waals surface area contributed by atoms with Gasteiger partial charge in [0.2, 0.25) is 5.91 Å². The number of benzene rings is 4. The van der Waals surface area contributed by atoms with E-state index in [1.54, 1.807) is 84.9 Å². The number of halogens is 1. The Morgan fingerprint density at radius 2 is 1.42 bits per heavy atom. The van der Waals surface area contributed by atoms with Gasteiger partial charge in [0.25, 0.3) is 5.91 Å². The standard InChI is InChI=1S/C38H39ClN2O7/c1-2-3-4-5-8-23-47-31-21-15-28(16-22-31)38(46)48-32-19-11-26(12-20-32)24-34(37(44)45)41-36(43)27-13-17-30(18-14-27)40-35(42)25-29-9-6-7-10-33(29)39/h6-7,9-22,34H,2-5,8,23-25H2,1H3,(H,40,42)(H,41,43)(H,44,45). The quantitative estimate of drug-likeness (QED) is 0.0602. The van der Waals surface area contributed by atoms with E-state index in [-0.39, 0.29) is 24.3 Å². The van der Waals surface area contributed by atoms with Crippen LogP contribution in [0.25, 0.3) is 0 Å². The van der Waals surface area contributed by atoms with Gasteiger partial charge in [-0.3, -0.25) is 9.59 Å². The lowest BCUT2D eigenvalue weighted by Crippen LogP contribution is -2.42. The number of rotatable bonds is 17. The second-order valence-electron chi connectivity index (χ2n) is 11.3. The Morgan fingerprint density at radius 1 is 0.771 bits per heavy atom. The number of esters is 1. The molecule has 4 aromatic rings. The van der Waals surface area contributed by atoms with Gasteiger partial charge in [0.15, 0.2) is 0 Å². The third kappa shape index (κ3) is 11.3. The molecular weight excluding hydrogens is 632 g/mol. The van der Waals surface area contributed by atoms with Crippen molar-refractivity contribution in [2.45, 2.75) is 57.9 Å². The summed E-state index contributed by atoms with van der Waals surface area (Å²) in [6.07, 6.45) is 5.85. The molecule has 0 heterocycles. The van der Waals surface area contributed by atoms with Crippen molar-refractivity contribution >= 4 is 41.0 Å². The van der Waals surface area contributed by atoms with Crippen LogP contribution in [0, 0.1) is 0 Å². The Balaban J connectivity index is 1.25. The second kappa shape index (κ2) is 18.3. The SMILES string of the molecule is CCCCCCCOc1ccc(C(=O)Oc2ccc(CC(NC(=O)c3ccc(NC(=O)Cc4ccccc4Cl)cc3)C(=O)O)cc2)cc1. The number of amides is 2. The Morgan fingerprint density at radius 3 is 2.08 bits per heavy atom. The maximum atomic E-state index is 12.9. The van der Waals surface area contributed by atoms with E-state index in [2.05, 4.69) is 17.6 Å². The van der Waals surface area contributed by atoms with Crippen molar-refractivity contribution in [1.29, 1.82) is 0 Å². The molecule has 2 amide bonds. The molecule has 0 spiro atoms. The molecule has 0 aliphatic rings. The van der Waals surface area contributed by atoms with Crippen LogP contribution in [0.1, 0.15) is 70.9 Å². The number of unbranched alkanes of at least 4 members (excludes halogenated alkanes) is 4. The molecule has 0 aliphatic carbocycles. The van der Waals surface area contributed by atoms with E-state index >= 15 is 0 Å². The number of ether oxygens (including phenoxy) is 2. The van der Waals surface area contributed by atoms with Gasteiger partial charge in [-0.15, -0.1) is 0 Å². The largest absolute Gasteiger partial charge is 0.494 e. The van der Waals surface area contributed by atoms with Gasteiger partial charge in [-0.2, -0.15) is 0 Å². The molecule has 48 heavy (non-hydrogen) atoms. The summed E-state index contributed by atoms with van der Waals surface area (Å²) in [5.74, 6) is -1.59. The minimum Gasteiger partial charge on any atom is -0.494 e. The highest BCUT2D eigenvalue weighted by molar-refractivity contribution is 6.31. The van der Waals surface area contributed by atoms with Gasteiger partial charge >= 0.3 is 11.9 Å². The third-order valence-corrected chi connectivity index (χ3v) is 7.89. The van der Waals surface area contributed by atoms with Crippen molar-refractivity contribution in [1.82, 2.24) is 5.32 Å². The van der Waals surface area contributed by atoms with Gasteiger partial charge < -0.3 is 25.2 Å². The first-order valence-corrected chi connectivity index (χ1v) is 16.3. The van der Waals surface area contributed by atoms with Crippen molar-refractivity contribution in [3.63, 3.8) is 0 Å². The molecule has 1 atom stereocenters. The number of carboxylic acids is 1. The first kappa shape index (κ1) is 35.7.